The average molecular weight is 374 g/mol. The number of rotatable bonds is 4. The molecule has 1 saturated heterocycles. The van der Waals surface area contributed by atoms with E-state index in [1.807, 2.05) is 32.0 Å². The maximum atomic E-state index is 12.5. The van der Waals surface area contributed by atoms with Crippen molar-refractivity contribution in [3.63, 3.8) is 0 Å². The van der Waals surface area contributed by atoms with Crippen LogP contribution in [0.5, 0.6) is 5.75 Å². The van der Waals surface area contributed by atoms with E-state index in [9.17, 15) is 13.6 Å². The van der Waals surface area contributed by atoms with E-state index in [-0.39, 0.29) is 11.7 Å². The van der Waals surface area contributed by atoms with Gasteiger partial charge in [0.15, 0.2) is 5.17 Å². The predicted octanol–water partition coefficient (Wildman–Crippen LogP) is 4.80. The summed E-state index contributed by atoms with van der Waals surface area (Å²) in [6.45, 7) is 0.964. The summed E-state index contributed by atoms with van der Waals surface area (Å²) in [6, 6.07) is 12.2. The molecule has 1 aliphatic rings. The SMILES string of the molecule is Cc1cccc(C)c1N=C1NC(=O)/C(=C\c2ccccc2OC(F)F)S1. The molecule has 4 nitrogen and oxygen atoms in total. The van der Waals surface area contributed by atoms with Crippen LogP contribution < -0.4 is 10.1 Å². The van der Waals surface area contributed by atoms with Crippen molar-refractivity contribution in [2.45, 2.75) is 20.5 Å². The minimum Gasteiger partial charge on any atom is -0.434 e. The van der Waals surface area contributed by atoms with Crippen molar-refractivity contribution >= 4 is 34.6 Å². The van der Waals surface area contributed by atoms with Gasteiger partial charge in [-0.1, -0.05) is 36.4 Å². The van der Waals surface area contributed by atoms with Crippen molar-refractivity contribution in [1.29, 1.82) is 0 Å². The van der Waals surface area contributed by atoms with E-state index in [1.54, 1.807) is 18.2 Å². The zero-order valence-corrected chi connectivity index (χ0v) is 14.9. The van der Waals surface area contributed by atoms with Crippen LogP contribution in [0.1, 0.15) is 16.7 Å². The highest BCUT2D eigenvalue weighted by molar-refractivity contribution is 8.18. The first-order chi connectivity index (χ1) is 12.4. The molecule has 0 saturated carbocycles. The number of hydrogen-bond acceptors (Lipinski definition) is 4. The number of nitrogens with zero attached hydrogens (tertiary/aromatic N) is 1. The fourth-order valence-electron chi connectivity index (χ4n) is 2.51. The Morgan fingerprint density at radius 1 is 1.12 bits per heavy atom. The number of benzene rings is 2. The molecule has 26 heavy (non-hydrogen) atoms. The molecule has 0 aromatic heterocycles. The molecule has 0 bridgehead atoms. The molecule has 3 rings (SSSR count). The minimum atomic E-state index is -2.93. The van der Waals surface area contributed by atoms with Gasteiger partial charge in [0.1, 0.15) is 5.75 Å². The van der Waals surface area contributed by atoms with Crippen molar-refractivity contribution < 1.29 is 18.3 Å². The number of aryl methyl sites for hydroxylation is 2. The highest BCUT2D eigenvalue weighted by Crippen LogP contribution is 2.32. The summed E-state index contributed by atoms with van der Waals surface area (Å²) in [5.74, 6) is -0.310. The molecule has 1 heterocycles. The molecule has 1 fully saturated rings. The van der Waals surface area contributed by atoms with Gasteiger partial charge in [-0.2, -0.15) is 8.78 Å². The Labute approximate surface area is 154 Å². The van der Waals surface area contributed by atoms with Crippen LogP contribution in [0.3, 0.4) is 0 Å². The highest BCUT2D eigenvalue weighted by atomic mass is 32.2. The van der Waals surface area contributed by atoms with Gasteiger partial charge in [0, 0.05) is 5.56 Å². The first-order valence-corrected chi connectivity index (χ1v) is 8.65. The molecule has 0 unspecified atom stereocenters. The van der Waals surface area contributed by atoms with E-state index in [0.29, 0.717) is 15.6 Å². The lowest BCUT2D eigenvalue weighted by molar-refractivity contribution is -0.115. The number of carbonyl (C=O) groups excluding carboxylic acids is 1. The van der Waals surface area contributed by atoms with Gasteiger partial charge < -0.3 is 10.1 Å². The number of thioether (sulfide) groups is 1. The van der Waals surface area contributed by atoms with Crippen LogP contribution in [0.25, 0.3) is 6.08 Å². The molecule has 134 valence electrons. The van der Waals surface area contributed by atoms with Gasteiger partial charge in [-0.15, -0.1) is 0 Å². The predicted molar refractivity (Wildman–Crippen MR) is 99.8 cm³/mol. The number of amidine groups is 1. The van der Waals surface area contributed by atoms with Crippen LogP contribution in [-0.2, 0) is 4.79 Å². The number of amides is 1. The summed E-state index contributed by atoms with van der Waals surface area (Å²) >= 11 is 1.16. The van der Waals surface area contributed by atoms with Crippen LogP contribution in [0.2, 0.25) is 0 Å². The maximum Gasteiger partial charge on any atom is 0.387 e. The maximum absolute atomic E-state index is 12.5. The van der Waals surface area contributed by atoms with Crippen molar-refractivity contribution in [2.75, 3.05) is 0 Å². The van der Waals surface area contributed by atoms with E-state index < -0.39 is 6.61 Å². The summed E-state index contributed by atoms with van der Waals surface area (Å²) in [7, 11) is 0. The molecular formula is C19H16F2N2O2S. The fourth-order valence-corrected chi connectivity index (χ4v) is 3.33. The molecule has 1 aliphatic heterocycles. The van der Waals surface area contributed by atoms with Gasteiger partial charge in [0.05, 0.1) is 10.6 Å². The van der Waals surface area contributed by atoms with Gasteiger partial charge in [0.25, 0.3) is 5.91 Å². The van der Waals surface area contributed by atoms with Crippen molar-refractivity contribution in [1.82, 2.24) is 5.32 Å². The molecule has 2 aromatic carbocycles. The summed E-state index contributed by atoms with van der Waals surface area (Å²) in [5, 5.41) is 3.15. The van der Waals surface area contributed by atoms with Gasteiger partial charge in [-0.05, 0) is 48.9 Å². The van der Waals surface area contributed by atoms with E-state index >= 15 is 0 Å². The third-order valence-corrected chi connectivity index (χ3v) is 4.64. The number of alkyl halides is 2. The average Bonchev–Trinajstić information content (AvgIpc) is 2.92. The van der Waals surface area contributed by atoms with E-state index in [4.69, 9.17) is 0 Å². The Kier molecular flexibility index (Phi) is 5.37. The monoisotopic (exact) mass is 374 g/mol. The van der Waals surface area contributed by atoms with Crippen LogP contribution in [-0.4, -0.2) is 17.7 Å². The molecule has 0 atom stereocenters. The number of halogens is 2. The lowest BCUT2D eigenvalue weighted by Crippen LogP contribution is -2.19. The third kappa shape index (κ3) is 4.11. The lowest BCUT2D eigenvalue weighted by atomic mass is 10.1. The lowest BCUT2D eigenvalue weighted by Gasteiger charge is -2.07. The largest absolute Gasteiger partial charge is 0.434 e. The van der Waals surface area contributed by atoms with Crippen LogP contribution in [0, 0.1) is 13.8 Å². The second-order valence-corrected chi connectivity index (χ2v) is 6.67. The Hall–Kier alpha value is -2.67. The number of nitrogens with one attached hydrogen (secondary N) is 1. The number of carbonyl (C=O) groups is 1. The van der Waals surface area contributed by atoms with Gasteiger partial charge >= 0.3 is 6.61 Å². The highest BCUT2D eigenvalue weighted by Gasteiger charge is 2.24. The molecule has 0 aliphatic carbocycles. The van der Waals surface area contributed by atoms with Gasteiger partial charge in [0.2, 0.25) is 0 Å². The topological polar surface area (TPSA) is 50.7 Å². The van der Waals surface area contributed by atoms with E-state index in [2.05, 4.69) is 15.0 Å². The van der Waals surface area contributed by atoms with Crippen molar-refractivity contribution in [3.8, 4) is 5.75 Å². The van der Waals surface area contributed by atoms with Gasteiger partial charge in [-0.3, -0.25) is 4.79 Å². The van der Waals surface area contributed by atoms with Crippen molar-refractivity contribution in [2.24, 2.45) is 4.99 Å². The second-order valence-electron chi connectivity index (χ2n) is 5.64. The minimum absolute atomic E-state index is 0.0172. The second kappa shape index (κ2) is 7.70. The normalized spacial score (nSPS) is 17.2. The van der Waals surface area contributed by atoms with Crippen LogP contribution in [0.15, 0.2) is 52.4 Å². The fraction of sp³-hybridized carbons (Fsp3) is 0.158. The Bertz CT molecular complexity index is 890. The summed E-state index contributed by atoms with van der Waals surface area (Å²) in [4.78, 5) is 17.1. The molecular weight excluding hydrogens is 358 g/mol. The first kappa shape index (κ1) is 18.1. The third-order valence-electron chi connectivity index (χ3n) is 3.73. The number of para-hydroxylation sites is 2. The van der Waals surface area contributed by atoms with Gasteiger partial charge in [-0.25, -0.2) is 4.99 Å². The smallest absolute Gasteiger partial charge is 0.387 e. The number of ether oxygens (including phenoxy) is 1. The molecule has 1 amide bonds. The molecule has 0 spiro atoms. The quantitative estimate of drug-likeness (QED) is 0.783. The number of aliphatic imine (C=N–C) groups is 1. The zero-order chi connectivity index (χ0) is 18.7. The van der Waals surface area contributed by atoms with E-state index in [0.717, 1.165) is 28.6 Å². The standard InChI is InChI=1S/C19H16F2N2O2S/c1-11-6-5-7-12(2)16(11)22-19-23-17(24)15(26-19)10-13-8-3-4-9-14(13)25-18(20)21/h3-10,18H,1-2H3,(H,22,23,24)/b15-10+. The van der Waals surface area contributed by atoms with E-state index in [1.165, 1.54) is 12.1 Å². The zero-order valence-electron chi connectivity index (χ0n) is 14.1. The summed E-state index contributed by atoms with van der Waals surface area (Å²) in [6.07, 6.45) is 1.52. The Morgan fingerprint density at radius 2 is 1.81 bits per heavy atom. The Balaban J connectivity index is 1.89. The Morgan fingerprint density at radius 3 is 2.50 bits per heavy atom. The van der Waals surface area contributed by atoms with Crippen molar-refractivity contribution in [3.05, 3.63) is 64.1 Å². The molecule has 1 N–H and O–H groups in total. The van der Waals surface area contributed by atoms with Crippen LogP contribution in [0.4, 0.5) is 14.5 Å². The summed E-state index contributed by atoms with van der Waals surface area (Å²) < 4.78 is 29.5. The number of hydrogen-bond donors (Lipinski definition) is 1. The molecule has 2 aromatic rings. The molecule has 0 radical (unpaired) electrons. The molecule has 7 heteroatoms. The van der Waals surface area contributed by atoms with Crippen LogP contribution >= 0.6 is 11.8 Å². The summed E-state index contributed by atoms with van der Waals surface area (Å²) in [5.41, 5.74) is 3.21. The first-order valence-electron chi connectivity index (χ1n) is 7.83.